The first kappa shape index (κ1) is 13.9. The average Bonchev–Trinajstić information content (AvgIpc) is 3.20. The maximum absolute atomic E-state index is 13.9. The van der Waals surface area contributed by atoms with Gasteiger partial charge in [0.25, 0.3) is 0 Å². The minimum Gasteiger partial charge on any atom is -0.357 e. The highest BCUT2D eigenvalue weighted by Crippen LogP contribution is 2.57. The Morgan fingerprint density at radius 1 is 1.00 bits per heavy atom. The van der Waals surface area contributed by atoms with E-state index in [0.29, 0.717) is 19.0 Å². The van der Waals surface area contributed by atoms with Crippen molar-refractivity contribution in [3.8, 4) is 0 Å². The van der Waals surface area contributed by atoms with Crippen molar-refractivity contribution in [1.82, 2.24) is 0 Å². The van der Waals surface area contributed by atoms with Gasteiger partial charge in [0, 0.05) is 23.2 Å². The number of ketones is 1. The fraction of sp³-hybridized carbons (Fsp3) is 0.278. The van der Waals surface area contributed by atoms with Gasteiger partial charge in [-0.05, 0) is 6.42 Å². The molecule has 1 aliphatic heterocycles. The minimum atomic E-state index is -2.80. The van der Waals surface area contributed by atoms with Crippen molar-refractivity contribution in [3.05, 3.63) is 60.7 Å². The maximum Gasteiger partial charge on any atom is 0.164 e. The number of rotatable bonds is 4. The van der Waals surface area contributed by atoms with Gasteiger partial charge >= 0.3 is 0 Å². The molecule has 4 rings (SSSR count). The van der Waals surface area contributed by atoms with Crippen LogP contribution in [0.1, 0.15) is 12.8 Å². The van der Waals surface area contributed by atoms with Gasteiger partial charge in [0.2, 0.25) is 0 Å². The topological polar surface area (TPSA) is 46.7 Å². The number of hydrogen-bond acceptors (Lipinski definition) is 3. The summed E-state index contributed by atoms with van der Waals surface area (Å²) in [7, 11) is -2.80. The summed E-state index contributed by atoms with van der Waals surface area (Å²) in [4.78, 5) is 11.8. The van der Waals surface area contributed by atoms with Crippen molar-refractivity contribution in [2.24, 2.45) is 0 Å². The van der Waals surface area contributed by atoms with E-state index in [4.69, 9.17) is 4.74 Å². The zero-order valence-electron chi connectivity index (χ0n) is 12.1. The normalized spacial score (nSPS) is 26.7. The third kappa shape index (κ3) is 2.08. The highest BCUT2D eigenvalue weighted by Gasteiger charge is 2.66. The first-order valence-corrected chi connectivity index (χ1v) is 9.44. The molecule has 0 N–H and O–H groups in total. The minimum absolute atomic E-state index is 0.160. The number of carbonyl (C=O) groups is 1. The van der Waals surface area contributed by atoms with E-state index in [1.54, 1.807) is 0 Å². The van der Waals surface area contributed by atoms with E-state index in [1.165, 1.54) is 0 Å². The first-order chi connectivity index (χ1) is 10.6. The molecular formula is C18H17O3P. The molecule has 3 nitrogen and oxygen atoms in total. The Morgan fingerprint density at radius 2 is 1.55 bits per heavy atom. The molecule has 2 aliphatic rings. The highest BCUT2D eigenvalue weighted by atomic mass is 31.2. The fourth-order valence-electron chi connectivity index (χ4n) is 3.46. The summed E-state index contributed by atoms with van der Waals surface area (Å²) in [5, 5.41) is 1.67. The quantitative estimate of drug-likeness (QED) is 0.644. The van der Waals surface area contributed by atoms with Gasteiger partial charge in [0.1, 0.15) is 18.8 Å². The summed E-state index contributed by atoms with van der Waals surface area (Å²) >= 11 is 0. The Hall–Kier alpha value is -1.70. The van der Waals surface area contributed by atoms with Crippen LogP contribution >= 0.6 is 7.14 Å². The van der Waals surface area contributed by atoms with Gasteiger partial charge < -0.3 is 9.30 Å². The molecule has 1 saturated carbocycles. The van der Waals surface area contributed by atoms with Crippen molar-refractivity contribution < 1.29 is 14.1 Å². The number of ether oxygens (including phenoxy) is 1. The molecule has 2 unspecified atom stereocenters. The maximum atomic E-state index is 13.9. The lowest BCUT2D eigenvalue weighted by Crippen LogP contribution is -2.27. The van der Waals surface area contributed by atoms with E-state index in [9.17, 15) is 9.36 Å². The first-order valence-electron chi connectivity index (χ1n) is 7.55. The van der Waals surface area contributed by atoms with E-state index < -0.39 is 12.7 Å². The molecule has 112 valence electrons. The van der Waals surface area contributed by atoms with Gasteiger partial charge in [-0.15, -0.1) is 0 Å². The molecule has 4 heteroatoms. The monoisotopic (exact) mass is 312 g/mol. The second kappa shape index (κ2) is 4.91. The van der Waals surface area contributed by atoms with Crippen LogP contribution in [0.25, 0.3) is 0 Å². The predicted octanol–water partition coefficient (Wildman–Crippen LogP) is 2.50. The lowest BCUT2D eigenvalue weighted by atomic mass is 10.1. The van der Waals surface area contributed by atoms with Crippen molar-refractivity contribution >= 4 is 23.5 Å². The zero-order chi connectivity index (χ0) is 15.2. The Labute approximate surface area is 129 Å². The number of carbonyl (C=O) groups excluding carboxylic acids is 1. The van der Waals surface area contributed by atoms with Crippen LogP contribution in [0.2, 0.25) is 0 Å². The average molecular weight is 312 g/mol. The Kier molecular flexibility index (Phi) is 3.11. The molecule has 1 heterocycles. The van der Waals surface area contributed by atoms with Gasteiger partial charge in [-0.2, -0.15) is 0 Å². The Balaban J connectivity index is 1.77. The van der Waals surface area contributed by atoms with Crippen LogP contribution in [0.15, 0.2) is 60.7 Å². The lowest BCUT2D eigenvalue weighted by molar-refractivity contribution is -0.120. The number of epoxide rings is 1. The number of hydrogen-bond donors (Lipinski definition) is 0. The molecule has 0 spiro atoms. The summed E-state index contributed by atoms with van der Waals surface area (Å²) in [5.41, 5.74) is -0.488. The fourth-order valence-corrected chi connectivity index (χ4v) is 6.58. The van der Waals surface area contributed by atoms with Gasteiger partial charge in [-0.3, -0.25) is 4.79 Å². The molecule has 2 fully saturated rings. The van der Waals surface area contributed by atoms with Gasteiger partial charge in [-0.25, -0.2) is 0 Å². The Bertz CT molecular complexity index is 713. The van der Waals surface area contributed by atoms with Crippen molar-refractivity contribution in [2.45, 2.75) is 24.5 Å². The molecule has 0 aromatic heterocycles. The van der Waals surface area contributed by atoms with Crippen molar-refractivity contribution in [3.63, 3.8) is 0 Å². The van der Waals surface area contributed by atoms with Crippen molar-refractivity contribution in [2.75, 3.05) is 6.16 Å². The summed E-state index contributed by atoms with van der Waals surface area (Å²) in [5.74, 6) is 0.160. The third-order valence-corrected chi connectivity index (χ3v) is 7.94. The molecule has 2 atom stereocenters. The van der Waals surface area contributed by atoms with Crippen molar-refractivity contribution in [1.29, 1.82) is 0 Å². The predicted molar refractivity (Wildman–Crippen MR) is 86.5 cm³/mol. The molecule has 0 amide bonds. The van der Waals surface area contributed by atoms with Crippen LogP contribution < -0.4 is 10.6 Å². The van der Waals surface area contributed by atoms with E-state index in [2.05, 4.69) is 0 Å². The number of fused-ring (bicyclic) bond motifs is 1. The van der Waals surface area contributed by atoms with Crippen LogP contribution in [0.3, 0.4) is 0 Å². The van der Waals surface area contributed by atoms with Crippen LogP contribution in [0.5, 0.6) is 0 Å². The second-order valence-corrected chi connectivity index (χ2v) is 8.93. The summed E-state index contributed by atoms with van der Waals surface area (Å²) in [6, 6.07) is 19.1. The van der Waals surface area contributed by atoms with E-state index in [-0.39, 0.29) is 11.9 Å². The van der Waals surface area contributed by atoms with Crippen LogP contribution in [0.4, 0.5) is 0 Å². The summed E-state index contributed by atoms with van der Waals surface area (Å²) < 4.78 is 19.6. The van der Waals surface area contributed by atoms with Gasteiger partial charge in [0.05, 0.1) is 0 Å². The van der Waals surface area contributed by atoms with Crippen LogP contribution in [-0.4, -0.2) is 23.7 Å². The van der Waals surface area contributed by atoms with E-state index >= 15 is 0 Å². The van der Waals surface area contributed by atoms with Gasteiger partial charge in [0.15, 0.2) is 5.78 Å². The number of Topliss-reactive ketones (excluding diaryl/α,β-unsaturated/α-hetero) is 1. The standard InChI is InChI=1S/C18H17O3P/c19-16-11-12-18(17(16)21-18)13-22(20,14-7-3-1-4-8-14)15-9-5-2-6-10-15/h1-10,17H,11-13H2. The molecular weight excluding hydrogens is 295 g/mol. The molecule has 0 bridgehead atoms. The largest absolute Gasteiger partial charge is 0.357 e. The Morgan fingerprint density at radius 3 is 1.95 bits per heavy atom. The molecule has 0 radical (unpaired) electrons. The van der Waals surface area contributed by atoms with E-state index in [0.717, 1.165) is 10.6 Å². The highest BCUT2D eigenvalue weighted by molar-refractivity contribution is 7.78. The second-order valence-electron chi connectivity index (χ2n) is 6.10. The summed E-state index contributed by atoms with van der Waals surface area (Å²) in [6.45, 7) is 0. The smallest absolute Gasteiger partial charge is 0.164 e. The molecule has 1 saturated heterocycles. The molecule has 1 aliphatic carbocycles. The van der Waals surface area contributed by atoms with Gasteiger partial charge in [-0.1, -0.05) is 60.7 Å². The summed E-state index contributed by atoms with van der Waals surface area (Å²) in [6.07, 6.45) is 1.34. The zero-order valence-corrected chi connectivity index (χ0v) is 13.0. The molecule has 22 heavy (non-hydrogen) atoms. The molecule has 2 aromatic rings. The van der Waals surface area contributed by atoms with Crippen LogP contribution in [0, 0.1) is 0 Å². The molecule has 2 aromatic carbocycles. The number of benzene rings is 2. The SMILES string of the molecule is O=C1CCC2(CP(=O)(c3ccccc3)c3ccccc3)OC12. The third-order valence-electron chi connectivity index (χ3n) is 4.70. The van der Waals surface area contributed by atoms with Crippen LogP contribution in [-0.2, 0) is 14.1 Å². The lowest BCUT2D eigenvalue weighted by Gasteiger charge is -2.22. The van der Waals surface area contributed by atoms with E-state index in [1.807, 2.05) is 60.7 Å².